The number of aromatic nitrogens is 1. The third-order valence-corrected chi connectivity index (χ3v) is 3.11. The molecule has 2 rings (SSSR count). The van der Waals surface area contributed by atoms with E-state index >= 15 is 0 Å². The molecule has 120 valence electrons. The van der Waals surface area contributed by atoms with Gasteiger partial charge in [0.1, 0.15) is 17.9 Å². The second-order valence-electron chi connectivity index (χ2n) is 4.75. The molecule has 8 nitrogen and oxygen atoms in total. The number of likely N-dealkylation sites (N-methyl/N-ethyl adjacent to an activating group) is 1. The van der Waals surface area contributed by atoms with Crippen molar-refractivity contribution >= 4 is 11.6 Å². The van der Waals surface area contributed by atoms with Crippen LogP contribution in [0, 0.1) is 10.1 Å². The van der Waals surface area contributed by atoms with Gasteiger partial charge in [-0.2, -0.15) is 0 Å². The van der Waals surface area contributed by atoms with E-state index in [0.29, 0.717) is 5.75 Å². The number of carbonyl (C=O) groups is 1. The summed E-state index contributed by atoms with van der Waals surface area (Å²) < 4.78 is 5.47. The Kier molecular flexibility index (Phi) is 5.08. The molecule has 0 aliphatic rings. The maximum Gasteiger partial charge on any atom is 0.286 e. The molecule has 1 heterocycles. The van der Waals surface area contributed by atoms with Crippen LogP contribution >= 0.6 is 0 Å². The number of hydrogen-bond acceptors (Lipinski definition) is 5. The van der Waals surface area contributed by atoms with Crippen LogP contribution in [0.2, 0.25) is 0 Å². The molecular formula is C15H15N3O5. The highest BCUT2D eigenvalue weighted by Gasteiger charge is 2.19. The quantitative estimate of drug-likeness (QED) is 0.641. The van der Waals surface area contributed by atoms with E-state index in [1.165, 1.54) is 11.9 Å². The van der Waals surface area contributed by atoms with Crippen molar-refractivity contribution in [2.45, 2.75) is 0 Å². The first-order valence-corrected chi connectivity index (χ1v) is 6.79. The second-order valence-corrected chi connectivity index (χ2v) is 4.75. The summed E-state index contributed by atoms with van der Waals surface area (Å²) in [5, 5.41) is 10.7. The minimum absolute atomic E-state index is 0.232. The number of benzene rings is 1. The van der Waals surface area contributed by atoms with Crippen LogP contribution in [-0.4, -0.2) is 40.9 Å². The molecule has 0 saturated heterocycles. The summed E-state index contributed by atoms with van der Waals surface area (Å²) in [4.78, 5) is 37.4. The van der Waals surface area contributed by atoms with E-state index in [-0.39, 0.29) is 24.4 Å². The summed E-state index contributed by atoms with van der Waals surface area (Å²) in [7, 11) is 1.50. The van der Waals surface area contributed by atoms with Gasteiger partial charge in [-0.05, 0) is 12.1 Å². The molecule has 0 radical (unpaired) electrons. The Bertz CT molecular complexity index is 757. The van der Waals surface area contributed by atoms with Gasteiger partial charge in [0.15, 0.2) is 0 Å². The molecule has 1 N–H and O–H groups in total. The zero-order valence-electron chi connectivity index (χ0n) is 12.4. The van der Waals surface area contributed by atoms with E-state index in [2.05, 4.69) is 4.98 Å². The highest BCUT2D eigenvalue weighted by molar-refractivity contribution is 5.94. The lowest BCUT2D eigenvalue weighted by Gasteiger charge is -2.17. The van der Waals surface area contributed by atoms with E-state index in [1.54, 1.807) is 12.1 Å². The molecule has 8 heteroatoms. The van der Waals surface area contributed by atoms with Crippen molar-refractivity contribution in [2.24, 2.45) is 0 Å². The fourth-order valence-corrected chi connectivity index (χ4v) is 1.86. The molecule has 23 heavy (non-hydrogen) atoms. The molecule has 1 amide bonds. The smallest absolute Gasteiger partial charge is 0.286 e. The van der Waals surface area contributed by atoms with Crippen molar-refractivity contribution in [1.29, 1.82) is 0 Å². The summed E-state index contributed by atoms with van der Waals surface area (Å²) in [6.45, 7) is 0.467. The van der Waals surface area contributed by atoms with E-state index in [4.69, 9.17) is 4.74 Å². The Balaban J connectivity index is 2.01. The number of ether oxygens (including phenoxy) is 1. The number of aromatic amines is 1. The van der Waals surface area contributed by atoms with Gasteiger partial charge in [-0.25, -0.2) is 0 Å². The van der Waals surface area contributed by atoms with Crippen LogP contribution in [0.1, 0.15) is 10.4 Å². The van der Waals surface area contributed by atoms with Crippen LogP contribution in [0.3, 0.4) is 0 Å². The molecule has 0 saturated carbocycles. The van der Waals surface area contributed by atoms with E-state index in [0.717, 1.165) is 12.3 Å². The predicted molar refractivity (Wildman–Crippen MR) is 82.6 cm³/mol. The van der Waals surface area contributed by atoms with Gasteiger partial charge < -0.3 is 14.6 Å². The Morgan fingerprint density at radius 3 is 2.70 bits per heavy atom. The van der Waals surface area contributed by atoms with Crippen molar-refractivity contribution in [1.82, 2.24) is 9.88 Å². The maximum absolute atomic E-state index is 12.2. The standard InChI is InChI=1S/C15H15N3O5/c1-17(7-8-23-12-5-3-2-4-6-12)15(20)13-9-11(18(21)22)10-16-14(13)19/h2-6,9-10H,7-8H2,1H3,(H,16,19). The third kappa shape index (κ3) is 4.16. The van der Waals surface area contributed by atoms with Crippen molar-refractivity contribution < 1.29 is 14.5 Å². The first-order valence-electron chi connectivity index (χ1n) is 6.79. The summed E-state index contributed by atoms with van der Waals surface area (Å²) in [5.41, 5.74) is -1.29. The van der Waals surface area contributed by atoms with Crippen molar-refractivity contribution in [3.63, 3.8) is 0 Å². The zero-order valence-corrected chi connectivity index (χ0v) is 12.4. The van der Waals surface area contributed by atoms with Crippen LogP contribution in [0.5, 0.6) is 5.75 Å². The van der Waals surface area contributed by atoms with Crippen LogP contribution in [0.4, 0.5) is 5.69 Å². The molecule has 1 aromatic heterocycles. The molecule has 0 unspecified atom stereocenters. The Hall–Kier alpha value is -3.16. The topological polar surface area (TPSA) is 106 Å². The lowest BCUT2D eigenvalue weighted by molar-refractivity contribution is -0.385. The average molecular weight is 317 g/mol. The maximum atomic E-state index is 12.2. The number of rotatable bonds is 6. The van der Waals surface area contributed by atoms with Gasteiger partial charge >= 0.3 is 0 Å². The van der Waals surface area contributed by atoms with Gasteiger partial charge in [0, 0.05) is 13.1 Å². The third-order valence-electron chi connectivity index (χ3n) is 3.11. The Morgan fingerprint density at radius 2 is 2.04 bits per heavy atom. The van der Waals surface area contributed by atoms with Crippen LogP contribution in [0.15, 0.2) is 47.4 Å². The first kappa shape index (κ1) is 16.2. The zero-order chi connectivity index (χ0) is 16.8. The molecule has 0 aliphatic carbocycles. The Labute approximate surface area is 131 Å². The van der Waals surface area contributed by atoms with Crippen LogP contribution < -0.4 is 10.3 Å². The average Bonchev–Trinajstić information content (AvgIpc) is 2.55. The fraction of sp³-hybridized carbons (Fsp3) is 0.200. The Morgan fingerprint density at radius 1 is 1.35 bits per heavy atom. The summed E-state index contributed by atoms with van der Waals surface area (Å²) in [5.74, 6) is 0.0631. The normalized spacial score (nSPS) is 10.1. The summed E-state index contributed by atoms with van der Waals surface area (Å²) >= 11 is 0. The SMILES string of the molecule is CN(CCOc1ccccc1)C(=O)c1cc([N+](=O)[O-])c[nH]c1=O. The number of carbonyl (C=O) groups excluding carboxylic acids is 1. The summed E-state index contributed by atoms with van der Waals surface area (Å²) in [6, 6.07) is 10.0. The van der Waals surface area contributed by atoms with Crippen molar-refractivity contribution in [3.8, 4) is 5.75 Å². The van der Waals surface area contributed by atoms with Crippen molar-refractivity contribution in [2.75, 3.05) is 20.2 Å². The van der Waals surface area contributed by atoms with E-state index in [9.17, 15) is 19.7 Å². The number of para-hydroxylation sites is 1. The molecule has 0 spiro atoms. The molecule has 2 aromatic rings. The molecule has 0 fully saturated rings. The van der Waals surface area contributed by atoms with Gasteiger partial charge in [0.2, 0.25) is 0 Å². The molecule has 0 atom stereocenters. The number of amides is 1. The number of pyridine rings is 1. The van der Waals surface area contributed by atoms with Gasteiger partial charge in [-0.15, -0.1) is 0 Å². The monoisotopic (exact) mass is 317 g/mol. The number of nitro groups is 1. The van der Waals surface area contributed by atoms with Crippen LogP contribution in [-0.2, 0) is 0 Å². The first-order chi connectivity index (χ1) is 11.0. The number of hydrogen-bond donors (Lipinski definition) is 1. The molecule has 0 aliphatic heterocycles. The van der Waals surface area contributed by atoms with Gasteiger partial charge in [0.25, 0.3) is 17.2 Å². The van der Waals surface area contributed by atoms with Gasteiger partial charge in [-0.3, -0.25) is 19.7 Å². The lowest BCUT2D eigenvalue weighted by Crippen LogP contribution is -2.34. The van der Waals surface area contributed by atoms with Crippen LogP contribution in [0.25, 0.3) is 0 Å². The summed E-state index contributed by atoms with van der Waals surface area (Å²) in [6.07, 6.45) is 0.956. The fourth-order valence-electron chi connectivity index (χ4n) is 1.86. The predicted octanol–water partition coefficient (Wildman–Crippen LogP) is 1.43. The molecule has 1 aromatic carbocycles. The van der Waals surface area contributed by atoms with Crippen molar-refractivity contribution in [3.05, 3.63) is 68.6 Å². The molecule has 0 bridgehead atoms. The molecular weight excluding hydrogens is 302 g/mol. The van der Waals surface area contributed by atoms with Gasteiger partial charge in [0.05, 0.1) is 17.7 Å². The minimum atomic E-state index is -0.675. The number of nitrogens with one attached hydrogen (secondary N) is 1. The van der Waals surface area contributed by atoms with E-state index in [1.807, 2.05) is 18.2 Å². The minimum Gasteiger partial charge on any atom is -0.492 e. The number of H-pyrrole nitrogens is 1. The van der Waals surface area contributed by atoms with E-state index < -0.39 is 16.4 Å². The largest absolute Gasteiger partial charge is 0.492 e. The second kappa shape index (κ2) is 7.21. The lowest BCUT2D eigenvalue weighted by atomic mass is 10.2. The number of nitrogens with zero attached hydrogens (tertiary/aromatic N) is 2. The highest BCUT2D eigenvalue weighted by Crippen LogP contribution is 2.10. The van der Waals surface area contributed by atoms with Gasteiger partial charge in [-0.1, -0.05) is 18.2 Å². The highest BCUT2D eigenvalue weighted by atomic mass is 16.6.